The average Bonchev–Trinajstić information content (AvgIpc) is 3.06. The van der Waals surface area contributed by atoms with Gasteiger partial charge in [0.25, 0.3) is 0 Å². The normalized spacial score (nSPS) is 41.1. The molecule has 18 heteroatoms. The van der Waals surface area contributed by atoms with Gasteiger partial charge in [-0.15, -0.1) is 0 Å². The summed E-state index contributed by atoms with van der Waals surface area (Å²) in [5, 5.41) is 95.5. The number of nitrogens with two attached hydrogens (primary N) is 1. The van der Waals surface area contributed by atoms with Gasteiger partial charge in [-0.3, -0.25) is 4.79 Å². The Morgan fingerprint density at radius 2 is 1.19 bits per heavy atom. The van der Waals surface area contributed by atoms with Gasteiger partial charge >= 0.3 is 0 Å². The molecule has 3 heterocycles. The molecule has 15 atom stereocenters. The molecule has 0 aromatic heterocycles. The van der Waals surface area contributed by atoms with Crippen LogP contribution in [-0.2, 0) is 33.2 Å². The van der Waals surface area contributed by atoms with Gasteiger partial charge < -0.3 is 85.4 Å². The topological polar surface area (TPSA) is 293 Å². The monoisotopic (exact) mass is 686 g/mol. The summed E-state index contributed by atoms with van der Waals surface area (Å²) in [5.41, 5.74) is 5.38. The van der Waals surface area contributed by atoms with Crippen molar-refractivity contribution >= 4 is 5.91 Å². The molecule has 3 rings (SSSR count). The number of unbranched alkanes of at least 4 members (excludes halogenated alkanes) is 5. The fourth-order valence-corrected chi connectivity index (χ4v) is 5.69. The molecule has 0 spiro atoms. The van der Waals surface area contributed by atoms with Crippen LogP contribution in [-0.4, -0.2) is 177 Å². The molecule has 1 amide bonds. The van der Waals surface area contributed by atoms with Gasteiger partial charge in [-0.25, -0.2) is 0 Å². The van der Waals surface area contributed by atoms with Crippen molar-refractivity contribution in [3.05, 3.63) is 0 Å². The lowest BCUT2D eigenvalue weighted by molar-refractivity contribution is -0.390. The summed E-state index contributed by atoms with van der Waals surface area (Å²) in [6, 6.07) is 0. The van der Waals surface area contributed by atoms with Crippen LogP contribution < -0.4 is 11.1 Å². The van der Waals surface area contributed by atoms with Gasteiger partial charge in [-0.05, 0) is 19.8 Å². The highest BCUT2D eigenvalue weighted by atomic mass is 16.8. The van der Waals surface area contributed by atoms with E-state index >= 15 is 0 Å². The van der Waals surface area contributed by atoms with Gasteiger partial charge in [0.15, 0.2) is 18.9 Å². The highest BCUT2D eigenvalue weighted by Gasteiger charge is 2.54. The van der Waals surface area contributed by atoms with Crippen LogP contribution in [0.25, 0.3) is 0 Å². The molecule has 3 aliphatic heterocycles. The Morgan fingerprint density at radius 1 is 0.660 bits per heavy atom. The Kier molecular flexibility index (Phi) is 17.0. The minimum Gasteiger partial charge on any atom is -0.394 e. The number of nitrogens with one attached hydrogen (secondary N) is 1. The molecule has 0 aromatic rings. The predicted molar refractivity (Wildman–Crippen MR) is 158 cm³/mol. The third kappa shape index (κ3) is 10.9. The molecular formula is C29H54N2O16. The Bertz CT molecular complexity index is 906. The maximum Gasteiger partial charge on any atom is 0.220 e. The SMILES string of the molecule is CC1OC(OC2C(OCCCCCCCCC(=O)NCCN)OC(CO)C(O)C2OC2OC(CO)C(O)C(O)C2O)C(O)C(O)C1O. The number of hydrogen-bond acceptors (Lipinski definition) is 17. The second kappa shape index (κ2) is 19.9. The lowest BCUT2D eigenvalue weighted by Crippen LogP contribution is -2.67. The van der Waals surface area contributed by atoms with Crippen molar-refractivity contribution in [2.24, 2.45) is 5.73 Å². The zero-order valence-electron chi connectivity index (χ0n) is 26.6. The highest BCUT2D eigenvalue weighted by molar-refractivity contribution is 5.75. The van der Waals surface area contributed by atoms with E-state index in [1.165, 1.54) is 6.92 Å². The van der Waals surface area contributed by atoms with Gasteiger partial charge in [0.2, 0.25) is 5.91 Å². The molecular weight excluding hydrogens is 632 g/mol. The van der Waals surface area contributed by atoms with E-state index in [0.29, 0.717) is 25.9 Å². The minimum atomic E-state index is -1.84. The number of hydrogen-bond donors (Lipinski definition) is 11. The molecule has 0 aliphatic carbocycles. The van der Waals surface area contributed by atoms with Crippen LogP contribution in [0.5, 0.6) is 0 Å². The molecule has 0 radical (unpaired) electrons. The zero-order chi connectivity index (χ0) is 34.7. The minimum absolute atomic E-state index is 0.0282. The van der Waals surface area contributed by atoms with E-state index in [-0.39, 0.29) is 12.5 Å². The first-order valence-electron chi connectivity index (χ1n) is 16.3. The number of aliphatic hydroxyl groups is 9. The van der Waals surface area contributed by atoms with E-state index in [2.05, 4.69) is 5.32 Å². The number of carbonyl (C=O) groups is 1. The Hall–Kier alpha value is -1.17. The van der Waals surface area contributed by atoms with E-state index in [9.17, 15) is 50.8 Å². The van der Waals surface area contributed by atoms with Crippen molar-refractivity contribution in [1.29, 1.82) is 0 Å². The number of ether oxygens (including phenoxy) is 6. The van der Waals surface area contributed by atoms with Gasteiger partial charge in [0.1, 0.15) is 67.1 Å². The average molecular weight is 687 g/mol. The summed E-state index contributed by atoms with van der Waals surface area (Å²) in [7, 11) is 0. The molecule has 3 aliphatic rings. The van der Waals surface area contributed by atoms with E-state index in [4.69, 9.17) is 34.2 Å². The van der Waals surface area contributed by atoms with Crippen LogP contribution in [0, 0.1) is 0 Å². The Balaban J connectivity index is 1.67. The molecule has 0 aromatic carbocycles. The predicted octanol–water partition coefficient (Wildman–Crippen LogP) is -4.72. The van der Waals surface area contributed by atoms with E-state index < -0.39 is 105 Å². The van der Waals surface area contributed by atoms with Gasteiger partial charge in [-0.1, -0.05) is 25.7 Å². The third-order valence-corrected chi connectivity index (χ3v) is 8.58. The Morgan fingerprint density at radius 3 is 1.83 bits per heavy atom. The van der Waals surface area contributed by atoms with Crippen LogP contribution >= 0.6 is 0 Å². The molecule has 12 N–H and O–H groups in total. The quantitative estimate of drug-likeness (QED) is 0.0604. The molecule has 47 heavy (non-hydrogen) atoms. The lowest BCUT2D eigenvalue weighted by Gasteiger charge is -2.48. The van der Waals surface area contributed by atoms with Crippen molar-refractivity contribution in [2.45, 2.75) is 144 Å². The van der Waals surface area contributed by atoms with Crippen LogP contribution in [0.4, 0.5) is 0 Å². The van der Waals surface area contributed by atoms with Crippen LogP contribution in [0.2, 0.25) is 0 Å². The van der Waals surface area contributed by atoms with Gasteiger partial charge in [0.05, 0.1) is 19.3 Å². The summed E-state index contributed by atoms with van der Waals surface area (Å²) in [5.74, 6) is -0.0282. The number of rotatable bonds is 18. The first-order chi connectivity index (χ1) is 22.4. The largest absolute Gasteiger partial charge is 0.394 e. The third-order valence-electron chi connectivity index (χ3n) is 8.58. The standard InChI is InChI=1S/C29H54N2O16/c1-14-18(35)21(38)23(40)27(43-14)47-26-25(46-28-24(41)22(39)19(36)15(12-32)44-28)20(37)16(13-33)45-29(26)42-11-7-5-3-2-4-6-8-17(34)31-10-9-30/h14-16,18-29,32-33,35-41H,2-13,30H2,1H3,(H,31,34). The Labute approximate surface area is 273 Å². The number of aliphatic hydroxyl groups excluding tert-OH is 9. The fraction of sp³-hybridized carbons (Fsp3) is 0.966. The van der Waals surface area contributed by atoms with E-state index in [1.807, 2.05) is 0 Å². The van der Waals surface area contributed by atoms with Crippen LogP contribution in [0.1, 0.15) is 51.9 Å². The maximum atomic E-state index is 11.7. The number of amides is 1. The van der Waals surface area contributed by atoms with Crippen LogP contribution in [0.15, 0.2) is 0 Å². The van der Waals surface area contributed by atoms with Crippen LogP contribution in [0.3, 0.4) is 0 Å². The molecule has 0 saturated carbocycles. The first-order valence-corrected chi connectivity index (χ1v) is 16.3. The summed E-state index contributed by atoms with van der Waals surface area (Å²) < 4.78 is 34.6. The summed E-state index contributed by atoms with van der Waals surface area (Å²) in [6.45, 7) is 0.970. The smallest absolute Gasteiger partial charge is 0.220 e. The molecule has 18 nitrogen and oxygen atoms in total. The van der Waals surface area contributed by atoms with E-state index in [0.717, 1.165) is 32.1 Å². The highest BCUT2D eigenvalue weighted by Crippen LogP contribution is 2.34. The van der Waals surface area contributed by atoms with Crippen molar-refractivity contribution in [1.82, 2.24) is 5.32 Å². The van der Waals surface area contributed by atoms with Crippen molar-refractivity contribution in [2.75, 3.05) is 32.9 Å². The van der Waals surface area contributed by atoms with Crippen molar-refractivity contribution in [3.8, 4) is 0 Å². The molecule has 15 unspecified atom stereocenters. The van der Waals surface area contributed by atoms with Gasteiger partial charge in [-0.2, -0.15) is 0 Å². The van der Waals surface area contributed by atoms with E-state index in [1.54, 1.807) is 0 Å². The first kappa shape index (κ1) is 40.3. The van der Waals surface area contributed by atoms with Crippen molar-refractivity contribution in [3.63, 3.8) is 0 Å². The van der Waals surface area contributed by atoms with Crippen molar-refractivity contribution < 1.29 is 79.2 Å². The molecule has 276 valence electrons. The summed E-state index contributed by atoms with van der Waals surface area (Å²) in [4.78, 5) is 11.7. The molecule has 3 saturated heterocycles. The molecule has 3 fully saturated rings. The zero-order valence-corrected chi connectivity index (χ0v) is 26.6. The second-order valence-electron chi connectivity index (χ2n) is 12.2. The lowest BCUT2D eigenvalue weighted by atomic mass is 9.96. The fourth-order valence-electron chi connectivity index (χ4n) is 5.69. The number of carbonyl (C=O) groups excluding carboxylic acids is 1. The second-order valence-corrected chi connectivity index (χ2v) is 12.2. The molecule has 0 bridgehead atoms. The maximum absolute atomic E-state index is 11.7. The summed E-state index contributed by atoms with van der Waals surface area (Å²) in [6.07, 6.45) is -18.0. The summed E-state index contributed by atoms with van der Waals surface area (Å²) >= 11 is 0. The van der Waals surface area contributed by atoms with Gasteiger partial charge in [0, 0.05) is 26.1 Å².